The van der Waals surface area contributed by atoms with Gasteiger partial charge in [0, 0.05) is 12.8 Å². The maximum atomic E-state index is 13.7. The molecule has 4 aliphatic rings. The first kappa shape index (κ1) is 33.3. The number of benzene rings is 3. The molecule has 1 spiro atoms. The maximum absolute atomic E-state index is 13.7. The molecule has 13 heteroatoms. The Hall–Kier alpha value is -5.59. The molecule has 3 aliphatic heterocycles. The van der Waals surface area contributed by atoms with E-state index in [4.69, 9.17) is 14.2 Å². The van der Waals surface area contributed by atoms with Crippen molar-refractivity contribution in [3.05, 3.63) is 89.5 Å². The van der Waals surface area contributed by atoms with Crippen LogP contribution in [-0.2, 0) is 43.2 Å². The predicted molar refractivity (Wildman–Crippen MR) is 177 cm³/mol. The number of hydrogen-bond donors (Lipinski definition) is 5. The van der Waals surface area contributed by atoms with Crippen LogP contribution in [0.1, 0.15) is 36.5 Å². The number of fused-ring (bicyclic) bond motifs is 16. The summed E-state index contributed by atoms with van der Waals surface area (Å²) < 4.78 is 16.6. The van der Waals surface area contributed by atoms with Gasteiger partial charge in [-0.25, -0.2) is 0 Å². The first-order valence-corrected chi connectivity index (χ1v) is 16.3. The number of amides is 5. The minimum absolute atomic E-state index is 0.0163. The largest absolute Gasteiger partial charge is 0.492 e. The lowest BCUT2D eigenvalue weighted by molar-refractivity contribution is -0.134. The molecule has 2 bridgehead atoms. The van der Waals surface area contributed by atoms with Crippen molar-refractivity contribution in [2.24, 2.45) is 0 Å². The van der Waals surface area contributed by atoms with E-state index in [1.165, 1.54) is 6.92 Å². The standard InChI is InChI=1S/C36H39N5O8/c1-22-32(43)40-28(17-23-5-3-2-4-6-23)34(45)41-36(13-14-36)35(46)37-15-16-47-26-10-7-24(8-11-26)18-27(33(44)38-22)39-31(42)20-25-9-12-29-30(19-25)49-21-48-29/h2-12,19,22,27-28H,13-18,20-21H2,1H3,(H,37,46)(H,38,44)(H,39,42)(H,40,43)(H,41,45)/t22-,27-,28+/m0/s1. The molecule has 3 aromatic rings. The summed E-state index contributed by atoms with van der Waals surface area (Å²) in [5, 5.41) is 14.0. The summed E-state index contributed by atoms with van der Waals surface area (Å²) in [5.41, 5.74) is 1.16. The van der Waals surface area contributed by atoms with Crippen molar-refractivity contribution in [1.29, 1.82) is 0 Å². The lowest BCUT2D eigenvalue weighted by Crippen LogP contribution is -2.59. The Kier molecular flexibility index (Phi) is 9.97. The van der Waals surface area contributed by atoms with Gasteiger partial charge in [0.1, 0.15) is 36.0 Å². The molecule has 1 aliphatic carbocycles. The van der Waals surface area contributed by atoms with E-state index in [0.29, 0.717) is 35.7 Å². The molecule has 0 unspecified atom stereocenters. The molecule has 5 N–H and O–H groups in total. The van der Waals surface area contributed by atoms with Gasteiger partial charge in [-0.05, 0) is 60.7 Å². The van der Waals surface area contributed by atoms with E-state index in [9.17, 15) is 24.0 Å². The van der Waals surface area contributed by atoms with Crippen LogP contribution in [-0.4, -0.2) is 73.1 Å². The number of ether oxygens (including phenoxy) is 3. The quantitative estimate of drug-likeness (QED) is 0.251. The first-order valence-electron chi connectivity index (χ1n) is 16.3. The fourth-order valence-electron chi connectivity index (χ4n) is 5.74. The molecule has 1 saturated carbocycles. The normalized spacial score (nSPS) is 22.2. The average Bonchev–Trinajstić information content (AvgIpc) is 3.73. The Morgan fingerprint density at radius 1 is 0.837 bits per heavy atom. The van der Waals surface area contributed by atoms with Gasteiger partial charge in [-0.1, -0.05) is 48.5 Å². The van der Waals surface area contributed by atoms with Crippen LogP contribution in [0.5, 0.6) is 17.2 Å². The summed E-state index contributed by atoms with van der Waals surface area (Å²) in [6.45, 7) is 2.03. The van der Waals surface area contributed by atoms with E-state index < -0.39 is 47.3 Å². The van der Waals surface area contributed by atoms with Crippen molar-refractivity contribution in [3.63, 3.8) is 0 Å². The number of carbonyl (C=O) groups excluding carboxylic acids is 5. The van der Waals surface area contributed by atoms with Gasteiger partial charge in [0.2, 0.25) is 36.3 Å². The Morgan fingerprint density at radius 2 is 1.59 bits per heavy atom. The number of nitrogens with one attached hydrogen (secondary N) is 5. The lowest BCUT2D eigenvalue weighted by atomic mass is 10.0. The molecule has 49 heavy (non-hydrogen) atoms. The van der Waals surface area contributed by atoms with Crippen molar-refractivity contribution in [3.8, 4) is 17.2 Å². The van der Waals surface area contributed by atoms with Crippen LogP contribution in [0.3, 0.4) is 0 Å². The monoisotopic (exact) mass is 669 g/mol. The first-order chi connectivity index (χ1) is 23.7. The molecule has 1 fully saturated rings. The van der Waals surface area contributed by atoms with Gasteiger partial charge < -0.3 is 40.8 Å². The Balaban J connectivity index is 1.21. The van der Waals surface area contributed by atoms with E-state index in [-0.39, 0.29) is 45.1 Å². The molecule has 0 saturated heterocycles. The van der Waals surface area contributed by atoms with Crippen LogP contribution in [0.2, 0.25) is 0 Å². The van der Waals surface area contributed by atoms with Crippen LogP contribution < -0.4 is 40.8 Å². The summed E-state index contributed by atoms with van der Waals surface area (Å²) in [6, 6.07) is 18.3. The average molecular weight is 670 g/mol. The molecule has 13 nitrogen and oxygen atoms in total. The summed E-state index contributed by atoms with van der Waals surface area (Å²) in [4.78, 5) is 67.0. The maximum Gasteiger partial charge on any atom is 0.245 e. The Labute approximate surface area is 283 Å². The molecule has 3 aromatic carbocycles. The molecule has 3 atom stereocenters. The topological polar surface area (TPSA) is 173 Å². The molecular formula is C36H39N5O8. The summed E-state index contributed by atoms with van der Waals surface area (Å²) in [6.07, 6.45) is 1.21. The predicted octanol–water partition coefficient (Wildman–Crippen LogP) is 1.07. The van der Waals surface area contributed by atoms with Crippen LogP contribution in [0.15, 0.2) is 72.8 Å². The zero-order chi connectivity index (χ0) is 34.4. The lowest BCUT2D eigenvalue weighted by Gasteiger charge is -2.25. The molecule has 0 aromatic heterocycles. The zero-order valence-corrected chi connectivity index (χ0v) is 27.1. The van der Waals surface area contributed by atoms with Crippen LogP contribution in [0, 0.1) is 0 Å². The molecule has 5 amide bonds. The molecular weight excluding hydrogens is 630 g/mol. The van der Waals surface area contributed by atoms with Crippen molar-refractivity contribution >= 4 is 29.5 Å². The van der Waals surface area contributed by atoms with E-state index in [0.717, 1.165) is 11.1 Å². The van der Waals surface area contributed by atoms with Crippen LogP contribution in [0.25, 0.3) is 0 Å². The van der Waals surface area contributed by atoms with Crippen molar-refractivity contribution < 1.29 is 38.2 Å². The molecule has 0 radical (unpaired) electrons. The van der Waals surface area contributed by atoms with Crippen molar-refractivity contribution in [2.75, 3.05) is 19.9 Å². The minimum atomic E-state index is -1.06. The fraction of sp³-hybridized carbons (Fsp3) is 0.361. The highest BCUT2D eigenvalue weighted by atomic mass is 16.7. The third-order valence-corrected chi connectivity index (χ3v) is 8.69. The van der Waals surface area contributed by atoms with E-state index in [2.05, 4.69) is 26.6 Å². The number of rotatable bonds is 5. The second-order valence-corrected chi connectivity index (χ2v) is 12.5. The van der Waals surface area contributed by atoms with Gasteiger partial charge in [0.05, 0.1) is 13.0 Å². The minimum Gasteiger partial charge on any atom is -0.492 e. The summed E-state index contributed by atoms with van der Waals surface area (Å²) >= 11 is 0. The summed E-state index contributed by atoms with van der Waals surface area (Å²) in [5.74, 6) is -0.701. The number of hydrogen-bond acceptors (Lipinski definition) is 8. The highest BCUT2D eigenvalue weighted by Gasteiger charge is 2.51. The van der Waals surface area contributed by atoms with Crippen LogP contribution >= 0.6 is 0 Å². The number of carbonyl (C=O) groups is 5. The van der Waals surface area contributed by atoms with Gasteiger partial charge in [0.25, 0.3) is 0 Å². The highest BCUT2D eigenvalue weighted by molar-refractivity contribution is 5.98. The second-order valence-electron chi connectivity index (χ2n) is 12.5. The van der Waals surface area contributed by atoms with E-state index in [1.54, 1.807) is 42.5 Å². The van der Waals surface area contributed by atoms with E-state index >= 15 is 0 Å². The second kappa shape index (κ2) is 14.7. The third-order valence-electron chi connectivity index (χ3n) is 8.69. The van der Waals surface area contributed by atoms with Gasteiger partial charge in [0.15, 0.2) is 11.5 Å². The third kappa shape index (κ3) is 8.47. The highest BCUT2D eigenvalue weighted by Crippen LogP contribution is 2.36. The van der Waals surface area contributed by atoms with E-state index in [1.807, 2.05) is 30.3 Å². The zero-order valence-electron chi connectivity index (χ0n) is 27.1. The van der Waals surface area contributed by atoms with Crippen molar-refractivity contribution in [2.45, 2.75) is 62.7 Å². The Bertz CT molecular complexity index is 1710. The van der Waals surface area contributed by atoms with Gasteiger partial charge >= 0.3 is 0 Å². The van der Waals surface area contributed by atoms with Gasteiger partial charge in [-0.2, -0.15) is 0 Å². The van der Waals surface area contributed by atoms with Crippen molar-refractivity contribution in [1.82, 2.24) is 26.6 Å². The molecule has 256 valence electrons. The van der Waals surface area contributed by atoms with Gasteiger partial charge in [-0.3, -0.25) is 24.0 Å². The summed E-state index contributed by atoms with van der Waals surface area (Å²) in [7, 11) is 0. The molecule has 3 heterocycles. The molecule has 7 rings (SSSR count). The fourth-order valence-corrected chi connectivity index (χ4v) is 5.74. The Morgan fingerprint density at radius 3 is 2.35 bits per heavy atom. The SMILES string of the molecule is C[C@@H]1NC(=O)[C@@H](NC(=O)Cc2ccc3c(c2)OCO3)Cc2ccc(cc2)OCCNC(=O)C2(CC2)NC(=O)[C@@H](Cc2ccccc2)NC1=O. The van der Waals surface area contributed by atoms with Gasteiger partial charge in [-0.15, -0.1) is 0 Å². The van der Waals surface area contributed by atoms with Crippen LogP contribution in [0.4, 0.5) is 0 Å². The smallest absolute Gasteiger partial charge is 0.245 e.